The molecule has 0 aliphatic carbocycles. The molecule has 1 aliphatic rings. The van der Waals surface area contributed by atoms with Crippen LogP contribution in [0.3, 0.4) is 0 Å². The van der Waals surface area contributed by atoms with Crippen molar-refractivity contribution in [3.05, 3.63) is 77.2 Å². The van der Waals surface area contributed by atoms with Crippen LogP contribution in [-0.2, 0) is 11.0 Å². The lowest BCUT2D eigenvalue weighted by molar-refractivity contribution is -0.137. The number of halogens is 3. The molecule has 0 atom stereocenters. The summed E-state index contributed by atoms with van der Waals surface area (Å²) < 4.78 is 43.5. The molecule has 0 spiro atoms. The Morgan fingerprint density at radius 1 is 0.957 bits per heavy atom. The van der Waals surface area contributed by atoms with E-state index in [9.17, 15) is 22.8 Å². The number of piperazine rings is 1. The van der Waals surface area contributed by atoms with Gasteiger partial charge in [-0.05, 0) is 49.7 Å². The molecule has 4 aromatic rings. The number of anilines is 5. The minimum atomic E-state index is -4.65. The van der Waals surface area contributed by atoms with Crippen LogP contribution in [0.5, 0.6) is 0 Å². The molecule has 0 saturated carbocycles. The van der Waals surface area contributed by atoms with Crippen molar-refractivity contribution < 1.29 is 22.8 Å². The number of carbonyl (C=O) groups excluding carboxylic acids is 2. The van der Waals surface area contributed by atoms with Crippen LogP contribution in [0.1, 0.15) is 27.2 Å². The average molecular weight is 651 g/mol. The predicted molar refractivity (Wildman–Crippen MR) is 175 cm³/mol. The second-order valence-electron chi connectivity index (χ2n) is 11.5. The summed E-state index contributed by atoms with van der Waals surface area (Å²) in [7, 11) is 5.11. The lowest BCUT2D eigenvalue weighted by Crippen LogP contribution is -2.49. The summed E-state index contributed by atoms with van der Waals surface area (Å²) in [5, 5.41) is 13.6. The molecule has 0 unspecified atom stereocenters. The molecule has 47 heavy (non-hydrogen) atoms. The van der Waals surface area contributed by atoms with E-state index < -0.39 is 17.6 Å². The van der Waals surface area contributed by atoms with Crippen molar-refractivity contribution in [1.82, 2.24) is 29.5 Å². The lowest BCUT2D eigenvalue weighted by Gasteiger charge is -2.36. The quantitative estimate of drug-likeness (QED) is 0.240. The van der Waals surface area contributed by atoms with Crippen LogP contribution in [-0.4, -0.2) is 95.2 Å². The van der Waals surface area contributed by atoms with E-state index in [2.05, 4.69) is 31.0 Å². The molecule has 1 fully saturated rings. The third-order valence-electron chi connectivity index (χ3n) is 7.82. The zero-order valence-electron chi connectivity index (χ0n) is 26.8. The molecule has 0 radical (unpaired) electrons. The van der Waals surface area contributed by atoms with Crippen LogP contribution < -0.4 is 20.9 Å². The van der Waals surface area contributed by atoms with Crippen LogP contribution in [0.2, 0.25) is 0 Å². The normalized spacial score (nSPS) is 13.7. The number of benzene rings is 2. The maximum atomic E-state index is 14.0. The molecule has 248 valence electrons. The summed E-state index contributed by atoms with van der Waals surface area (Å²) in [6, 6.07) is 12.2. The molecule has 0 bridgehead atoms. The Hall–Kier alpha value is -5.18. The molecule has 3 N–H and O–H groups in total. The van der Waals surface area contributed by atoms with Gasteiger partial charge >= 0.3 is 6.18 Å². The smallest absolute Gasteiger partial charge is 0.373 e. The fraction of sp³-hybridized carbons (Fsp3) is 0.344. The van der Waals surface area contributed by atoms with E-state index in [1.54, 1.807) is 55.0 Å². The molecule has 12 nitrogen and oxygen atoms in total. The number of nitrogens with one attached hydrogen (secondary N) is 3. The van der Waals surface area contributed by atoms with E-state index in [4.69, 9.17) is 0 Å². The highest BCUT2D eigenvalue weighted by atomic mass is 19.4. The van der Waals surface area contributed by atoms with Crippen molar-refractivity contribution in [3.63, 3.8) is 0 Å². The summed E-state index contributed by atoms with van der Waals surface area (Å²) in [6.45, 7) is 5.81. The van der Waals surface area contributed by atoms with Crippen molar-refractivity contribution in [2.24, 2.45) is 0 Å². The van der Waals surface area contributed by atoms with Crippen LogP contribution in [0, 0.1) is 13.8 Å². The molecule has 15 heteroatoms. The first-order valence-electron chi connectivity index (χ1n) is 15.0. The molecular formula is C32H37F3N10O2. The highest BCUT2D eigenvalue weighted by molar-refractivity contribution is 6.05. The van der Waals surface area contributed by atoms with Crippen molar-refractivity contribution in [2.45, 2.75) is 20.0 Å². The fourth-order valence-corrected chi connectivity index (χ4v) is 5.12. The molecule has 5 rings (SSSR count). The highest BCUT2D eigenvalue weighted by Crippen LogP contribution is 2.34. The molecule has 1 saturated heterocycles. The topological polar surface area (TPSA) is 124 Å². The second kappa shape index (κ2) is 13.7. The third-order valence-corrected chi connectivity index (χ3v) is 7.82. The van der Waals surface area contributed by atoms with Gasteiger partial charge in [-0.1, -0.05) is 6.07 Å². The zero-order valence-corrected chi connectivity index (χ0v) is 26.8. The number of hydrogen-bond donors (Lipinski definition) is 3. The maximum Gasteiger partial charge on any atom is 0.416 e. The molecule has 3 heterocycles. The van der Waals surface area contributed by atoms with Crippen LogP contribution in [0.4, 0.5) is 41.9 Å². The summed E-state index contributed by atoms with van der Waals surface area (Å²) in [5.41, 5.74) is 1.91. The van der Waals surface area contributed by atoms with Crippen molar-refractivity contribution in [1.29, 1.82) is 0 Å². The van der Waals surface area contributed by atoms with Gasteiger partial charge in [0.25, 0.3) is 5.91 Å². The van der Waals surface area contributed by atoms with E-state index in [1.807, 2.05) is 24.8 Å². The summed E-state index contributed by atoms with van der Waals surface area (Å²) >= 11 is 0. The van der Waals surface area contributed by atoms with Crippen molar-refractivity contribution >= 4 is 40.5 Å². The number of amides is 2. The van der Waals surface area contributed by atoms with Crippen LogP contribution in [0.15, 0.2) is 54.9 Å². The van der Waals surface area contributed by atoms with Gasteiger partial charge in [-0.25, -0.2) is 9.97 Å². The first-order chi connectivity index (χ1) is 22.3. The van der Waals surface area contributed by atoms with Gasteiger partial charge < -0.3 is 25.8 Å². The number of alkyl halides is 3. The van der Waals surface area contributed by atoms with Gasteiger partial charge in [-0.2, -0.15) is 23.0 Å². The van der Waals surface area contributed by atoms with Gasteiger partial charge in [0.2, 0.25) is 5.91 Å². The Bertz CT molecular complexity index is 1760. The Morgan fingerprint density at radius 2 is 1.70 bits per heavy atom. The Balaban J connectivity index is 1.35. The number of rotatable bonds is 9. The minimum absolute atomic E-state index is 0.0412. The van der Waals surface area contributed by atoms with Crippen LogP contribution >= 0.6 is 0 Å². The standard InChI is InChI=1S/C32H37F3N10O2/c1-20-6-7-24(16-26(20)40-29-12-21(2)41-45(29)28-17-27(36-3)37-19-38-28)39-31(47)22-13-23(32(33,34)35)15-25(14-22)44-10-8-43(9-11-44)18-30(46)42(4)5/h6-7,12-17,19,40H,8-11,18H2,1-5H3,(H,39,47)(H,36,37,38). The Kier molecular flexibility index (Phi) is 9.65. The third kappa shape index (κ3) is 7.98. The van der Waals surface area contributed by atoms with Crippen molar-refractivity contribution in [3.8, 4) is 5.82 Å². The summed E-state index contributed by atoms with van der Waals surface area (Å²) in [4.78, 5) is 39.3. The van der Waals surface area contributed by atoms with Crippen molar-refractivity contribution in [2.75, 3.05) is 74.7 Å². The second-order valence-corrected chi connectivity index (χ2v) is 11.5. The van der Waals surface area contributed by atoms with Crippen LogP contribution in [0.25, 0.3) is 5.82 Å². The van der Waals surface area contributed by atoms with Gasteiger partial charge in [0.15, 0.2) is 5.82 Å². The van der Waals surface area contributed by atoms with Gasteiger partial charge in [0.1, 0.15) is 18.0 Å². The van der Waals surface area contributed by atoms with Gasteiger partial charge in [-0.15, -0.1) is 0 Å². The van der Waals surface area contributed by atoms with E-state index in [0.717, 1.165) is 23.4 Å². The monoisotopic (exact) mass is 650 g/mol. The first-order valence-corrected chi connectivity index (χ1v) is 15.0. The lowest BCUT2D eigenvalue weighted by atomic mass is 10.1. The van der Waals surface area contributed by atoms with Gasteiger partial charge in [-0.3, -0.25) is 14.5 Å². The number of hydrogen-bond acceptors (Lipinski definition) is 9. The van der Waals surface area contributed by atoms with Gasteiger partial charge in [0.05, 0.1) is 17.8 Å². The zero-order chi connectivity index (χ0) is 33.9. The minimum Gasteiger partial charge on any atom is -0.373 e. The Labute approximate surface area is 270 Å². The first kappa shape index (κ1) is 33.2. The predicted octanol–water partition coefficient (Wildman–Crippen LogP) is 4.55. The Morgan fingerprint density at radius 3 is 2.38 bits per heavy atom. The number of likely N-dealkylation sites (N-methyl/N-ethyl adjacent to an activating group) is 1. The number of nitrogens with zero attached hydrogens (tertiary/aromatic N) is 7. The SMILES string of the molecule is CNc1cc(-n2nc(C)cc2Nc2cc(NC(=O)c3cc(N4CCN(CC(=O)N(C)C)CC4)cc(C(F)(F)F)c3)ccc2C)ncn1. The van der Waals surface area contributed by atoms with E-state index in [-0.39, 0.29) is 18.0 Å². The molecule has 2 aromatic carbocycles. The molecule has 2 amide bonds. The average Bonchev–Trinajstić information content (AvgIpc) is 3.41. The van der Waals surface area contributed by atoms with E-state index in [1.165, 1.54) is 17.3 Å². The fourth-order valence-electron chi connectivity index (χ4n) is 5.12. The molecule has 2 aromatic heterocycles. The van der Waals surface area contributed by atoms with Gasteiger partial charge in [0, 0.05) is 82.1 Å². The van der Waals surface area contributed by atoms with E-state index >= 15 is 0 Å². The van der Waals surface area contributed by atoms with E-state index in [0.29, 0.717) is 60.7 Å². The molecular weight excluding hydrogens is 613 g/mol. The highest BCUT2D eigenvalue weighted by Gasteiger charge is 2.33. The number of aryl methyl sites for hydroxylation is 2. The summed E-state index contributed by atoms with van der Waals surface area (Å²) in [6.07, 6.45) is -3.22. The maximum absolute atomic E-state index is 14.0. The molecule has 1 aliphatic heterocycles. The number of carbonyl (C=O) groups is 2. The summed E-state index contributed by atoms with van der Waals surface area (Å²) in [5.74, 6) is 1.05. The number of aromatic nitrogens is 4. The largest absolute Gasteiger partial charge is 0.416 e.